The van der Waals surface area contributed by atoms with E-state index in [1.54, 1.807) is 12.1 Å². The minimum Gasteiger partial charge on any atom is -0.380 e. The van der Waals surface area contributed by atoms with E-state index in [4.69, 9.17) is 4.74 Å². The highest BCUT2D eigenvalue weighted by Gasteiger charge is 2.15. The molecular weight excluding hydrogens is 196 g/mol. The summed E-state index contributed by atoms with van der Waals surface area (Å²) in [5.41, 5.74) is 0.888. The molecule has 1 aliphatic rings. The maximum absolute atomic E-state index is 10.5. The van der Waals surface area contributed by atoms with E-state index in [0.717, 1.165) is 18.7 Å². The molecule has 0 amide bonds. The molecule has 2 rings (SSSR count). The van der Waals surface area contributed by atoms with E-state index < -0.39 is 4.92 Å². The van der Waals surface area contributed by atoms with Gasteiger partial charge in [0.05, 0.1) is 17.6 Å². The Hall–Kier alpha value is -1.62. The Morgan fingerprint density at radius 1 is 1.53 bits per heavy atom. The van der Waals surface area contributed by atoms with Crippen LogP contribution in [0.5, 0.6) is 0 Å². The summed E-state index contributed by atoms with van der Waals surface area (Å²) in [4.78, 5) is 10.2. The highest BCUT2D eigenvalue weighted by molar-refractivity contribution is 5.51. The fraction of sp³-hybridized carbons (Fsp3) is 0.400. The predicted octanol–water partition coefficient (Wildman–Crippen LogP) is 1.80. The first-order chi connectivity index (χ1) is 7.25. The smallest absolute Gasteiger partial charge is 0.271 e. The van der Waals surface area contributed by atoms with Gasteiger partial charge in [0, 0.05) is 24.4 Å². The number of ether oxygens (including phenoxy) is 1. The monoisotopic (exact) mass is 208 g/mol. The van der Waals surface area contributed by atoms with E-state index in [9.17, 15) is 10.1 Å². The molecule has 0 bridgehead atoms. The number of hydrogen-bond acceptors (Lipinski definition) is 4. The zero-order chi connectivity index (χ0) is 10.7. The van der Waals surface area contributed by atoms with Crippen molar-refractivity contribution in [3.63, 3.8) is 0 Å². The van der Waals surface area contributed by atoms with Gasteiger partial charge in [0.1, 0.15) is 0 Å². The second-order valence-electron chi connectivity index (χ2n) is 3.51. The number of benzene rings is 1. The average molecular weight is 208 g/mol. The van der Waals surface area contributed by atoms with Crippen LogP contribution in [0.1, 0.15) is 6.42 Å². The van der Waals surface area contributed by atoms with Gasteiger partial charge in [-0.05, 0) is 12.5 Å². The molecule has 1 aliphatic heterocycles. The predicted molar refractivity (Wildman–Crippen MR) is 55.9 cm³/mol. The quantitative estimate of drug-likeness (QED) is 0.607. The third-order valence-corrected chi connectivity index (χ3v) is 2.36. The van der Waals surface area contributed by atoms with Gasteiger partial charge in [0.25, 0.3) is 5.69 Å². The molecule has 1 aromatic carbocycles. The van der Waals surface area contributed by atoms with Crippen LogP contribution in [0.25, 0.3) is 0 Å². The highest BCUT2D eigenvalue weighted by atomic mass is 16.6. The molecule has 15 heavy (non-hydrogen) atoms. The highest BCUT2D eigenvalue weighted by Crippen LogP contribution is 2.19. The van der Waals surface area contributed by atoms with Gasteiger partial charge in [-0.2, -0.15) is 0 Å². The van der Waals surface area contributed by atoms with Crippen molar-refractivity contribution in [2.45, 2.75) is 12.5 Å². The number of nitro groups is 1. The first-order valence-corrected chi connectivity index (χ1v) is 4.84. The number of hydrogen-bond donors (Lipinski definition) is 1. The molecule has 0 spiro atoms. The number of nitro benzene ring substituents is 1. The summed E-state index contributed by atoms with van der Waals surface area (Å²) >= 11 is 0. The SMILES string of the molecule is O=[N+]([O-])c1cccc(NC2CCOC2)c1. The molecule has 0 saturated carbocycles. The van der Waals surface area contributed by atoms with Gasteiger partial charge in [0.2, 0.25) is 0 Å². The molecule has 0 radical (unpaired) electrons. The van der Waals surface area contributed by atoms with E-state index in [-0.39, 0.29) is 11.7 Å². The van der Waals surface area contributed by atoms with Gasteiger partial charge in [-0.15, -0.1) is 0 Å². The molecular formula is C10H12N2O3. The zero-order valence-electron chi connectivity index (χ0n) is 8.18. The largest absolute Gasteiger partial charge is 0.380 e. The van der Waals surface area contributed by atoms with E-state index in [1.165, 1.54) is 6.07 Å². The second-order valence-corrected chi connectivity index (χ2v) is 3.51. The van der Waals surface area contributed by atoms with Crippen molar-refractivity contribution in [1.29, 1.82) is 0 Å². The van der Waals surface area contributed by atoms with Crippen molar-refractivity contribution in [2.75, 3.05) is 18.5 Å². The second kappa shape index (κ2) is 4.27. The average Bonchev–Trinajstić information content (AvgIpc) is 2.71. The van der Waals surface area contributed by atoms with E-state index >= 15 is 0 Å². The minimum atomic E-state index is -0.393. The van der Waals surface area contributed by atoms with Crippen LogP contribution >= 0.6 is 0 Å². The maximum atomic E-state index is 10.5. The van der Waals surface area contributed by atoms with Gasteiger partial charge in [-0.25, -0.2) is 0 Å². The summed E-state index contributed by atoms with van der Waals surface area (Å²) in [5.74, 6) is 0. The molecule has 1 aromatic rings. The summed E-state index contributed by atoms with van der Waals surface area (Å²) in [7, 11) is 0. The molecule has 1 atom stereocenters. The van der Waals surface area contributed by atoms with Crippen LogP contribution in [0.2, 0.25) is 0 Å². The molecule has 1 saturated heterocycles. The van der Waals surface area contributed by atoms with Crippen molar-refractivity contribution in [3.05, 3.63) is 34.4 Å². The van der Waals surface area contributed by atoms with Crippen LogP contribution in [-0.2, 0) is 4.74 Å². The number of nitrogens with zero attached hydrogens (tertiary/aromatic N) is 1. The lowest BCUT2D eigenvalue weighted by atomic mass is 10.2. The Kier molecular flexibility index (Phi) is 2.82. The van der Waals surface area contributed by atoms with Crippen LogP contribution in [0.15, 0.2) is 24.3 Å². The fourth-order valence-electron chi connectivity index (χ4n) is 1.59. The first kappa shape index (κ1) is 9.92. The van der Waals surface area contributed by atoms with E-state index in [1.807, 2.05) is 6.07 Å². The van der Waals surface area contributed by atoms with E-state index in [0.29, 0.717) is 6.61 Å². The third kappa shape index (κ3) is 2.44. The number of rotatable bonds is 3. The zero-order valence-corrected chi connectivity index (χ0v) is 8.18. The first-order valence-electron chi connectivity index (χ1n) is 4.84. The van der Waals surface area contributed by atoms with Crippen LogP contribution in [0, 0.1) is 10.1 Å². The van der Waals surface area contributed by atoms with Crippen LogP contribution < -0.4 is 5.32 Å². The lowest BCUT2D eigenvalue weighted by Crippen LogP contribution is -2.18. The third-order valence-electron chi connectivity index (χ3n) is 2.36. The van der Waals surface area contributed by atoms with Crippen molar-refractivity contribution >= 4 is 11.4 Å². The van der Waals surface area contributed by atoms with Crippen LogP contribution in [0.3, 0.4) is 0 Å². The normalized spacial score (nSPS) is 20.1. The molecule has 1 unspecified atom stereocenters. The summed E-state index contributed by atoms with van der Waals surface area (Å²) < 4.78 is 5.21. The summed E-state index contributed by atoms with van der Waals surface area (Å²) in [5, 5.41) is 13.8. The van der Waals surface area contributed by atoms with Crippen LogP contribution in [-0.4, -0.2) is 24.2 Å². The fourth-order valence-corrected chi connectivity index (χ4v) is 1.59. The van der Waals surface area contributed by atoms with Gasteiger partial charge >= 0.3 is 0 Å². The summed E-state index contributed by atoms with van der Waals surface area (Å²) in [6.45, 7) is 1.43. The lowest BCUT2D eigenvalue weighted by molar-refractivity contribution is -0.384. The Balaban J connectivity index is 2.07. The minimum absolute atomic E-state index is 0.110. The molecule has 1 heterocycles. The Morgan fingerprint density at radius 2 is 2.40 bits per heavy atom. The lowest BCUT2D eigenvalue weighted by Gasteiger charge is -2.11. The van der Waals surface area contributed by atoms with Crippen molar-refractivity contribution < 1.29 is 9.66 Å². The van der Waals surface area contributed by atoms with E-state index in [2.05, 4.69) is 5.32 Å². The molecule has 5 nitrogen and oxygen atoms in total. The topological polar surface area (TPSA) is 64.4 Å². The van der Waals surface area contributed by atoms with Gasteiger partial charge in [0.15, 0.2) is 0 Å². The molecule has 80 valence electrons. The maximum Gasteiger partial charge on any atom is 0.271 e. The van der Waals surface area contributed by atoms with Crippen molar-refractivity contribution in [1.82, 2.24) is 0 Å². The summed E-state index contributed by atoms with van der Waals surface area (Å²) in [6.07, 6.45) is 0.947. The molecule has 0 aliphatic carbocycles. The Labute approximate surface area is 87.2 Å². The summed E-state index contributed by atoms with van der Waals surface area (Å²) in [6, 6.07) is 6.79. The van der Waals surface area contributed by atoms with Crippen LogP contribution in [0.4, 0.5) is 11.4 Å². The van der Waals surface area contributed by atoms with Gasteiger partial charge in [-0.1, -0.05) is 6.07 Å². The number of non-ortho nitro benzene ring substituents is 1. The van der Waals surface area contributed by atoms with Crippen molar-refractivity contribution in [2.24, 2.45) is 0 Å². The molecule has 1 N–H and O–H groups in total. The van der Waals surface area contributed by atoms with Crippen molar-refractivity contribution in [3.8, 4) is 0 Å². The Morgan fingerprint density at radius 3 is 3.07 bits per heavy atom. The molecule has 5 heteroatoms. The van der Waals surface area contributed by atoms with Gasteiger partial charge in [-0.3, -0.25) is 10.1 Å². The Bertz CT molecular complexity index is 361. The number of anilines is 1. The molecule has 1 fully saturated rings. The molecule has 0 aromatic heterocycles. The number of nitrogens with one attached hydrogen (secondary N) is 1. The van der Waals surface area contributed by atoms with Gasteiger partial charge < -0.3 is 10.1 Å². The standard InChI is InChI=1S/C10H12N2O3/c13-12(14)10-3-1-2-8(6-10)11-9-4-5-15-7-9/h1-3,6,9,11H,4-5,7H2.